The van der Waals surface area contributed by atoms with E-state index in [9.17, 15) is 13.2 Å². The van der Waals surface area contributed by atoms with Crippen LogP contribution in [0.3, 0.4) is 0 Å². The van der Waals surface area contributed by atoms with Gasteiger partial charge in [-0.2, -0.15) is 4.31 Å². The van der Waals surface area contributed by atoms with Crippen molar-refractivity contribution in [1.82, 2.24) is 14.5 Å². The number of aryl methyl sites for hydroxylation is 3. The largest absolute Gasteiger partial charge is 0.320 e. The molecular formula is C23H26N4O3S2. The monoisotopic (exact) mass is 470 g/mol. The molecule has 9 heteroatoms. The first-order valence-corrected chi connectivity index (χ1v) is 12.8. The molecule has 32 heavy (non-hydrogen) atoms. The summed E-state index contributed by atoms with van der Waals surface area (Å²) in [7, 11) is -3.59. The van der Waals surface area contributed by atoms with E-state index < -0.39 is 10.0 Å². The fraction of sp³-hybridized carbons (Fsp3) is 0.348. The van der Waals surface area contributed by atoms with E-state index in [0.717, 1.165) is 35.2 Å². The molecule has 2 aromatic carbocycles. The first-order chi connectivity index (χ1) is 15.3. The second-order valence-electron chi connectivity index (χ2n) is 8.16. The molecule has 1 aliphatic heterocycles. The number of hydrogen-bond donors (Lipinski definition) is 1. The van der Waals surface area contributed by atoms with Crippen LogP contribution >= 0.6 is 11.3 Å². The Hall–Kier alpha value is -2.62. The molecule has 0 aliphatic carbocycles. The smallest absolute Gasteiger partial charge is 0.286 e. The van der Waals surface area contributed by atoms with E-state index in [1.165, 1.54) is 15.6 Å². The fourth-order valence-corrected chi connectivity index (χ4v) is 6.24. The Balaban J connectivity index is 1.49. The minimum absolute atomic E-state index is 0.0809. The molecule has 1 amide bonds. The maximum Gasteiger partial charge on any atom is 0.286 e. The Bertz CT molecular complexity index is 1250. The van der Waals surface area contributed by atoms with Gasteiger partial charge in [-0.25, -0.2) is 8.42 Å². The maximum absolute atomic E-state index is 13.2. The van der Waals surface area contributed by atoms with Crippen molar-refractivity contribution in [2.45, 2.75) is 44.4 Å². The number of piperidine rings is 1. The standard InChI is InChI=1S/C23H26N4O3S2/c1-15-10-11-19(13-17(15)3)32(29,30)27-12-6-8-18(14-27)22-25-26-23(31-22)21(28)24-20-9-5-4-7-16(20)2/h4-5,7,9-11,13,18H,6,8,12,14H2,1-3H3,(H,24,28)/t18-/m1/s1. The van der Waals surface area contributed by atoms with Crippen LogP contribution in [0.15, 0.2) is 47.4 Å². The predicted octanol–water partition coefficient (Wildman–Crippen LogP) is 4.28. The number of benzene rings is 2. The van der Waals surface area contributed by atoms with Crippen LogP contribution in [-0.2, 0) is 10.0 Å². The Kier molecular flexibility index (Phi) is 6.41. The number of hydrogen-bond acceptors (Lipinski definition) is 6. The van der Waals surface area contributed by atoms with Crippen molar-refractivity contribution < 1.29 is 13.2 Å². The summed E-state index contributed by atoms with van der Waals surface area (Å²) in [6.07, 6.45) is 1.55. The highest BCUT2D eigenvalue weighted by atomic mass is 32.2. The van der Waals surface area contributed by atoms with Crippen molar-refractivity contribution in [3.05, 3.63) is 69.2 Å². The number of anilines is 1. The summed E-state index contributed by atoms with van der Waals surface area (Å²) in [5.41, 5.74) is 3.71. The van der Waals surface area contributed by atoms with E-state index in [-0.39, 0.29) is 16.8 Å². The van der Waals surface area contributed by atoms with E-state index >= 15 is 0 Å². The average Bonchev–Trinajstić information content (AvgIpc) is 3.28. The number of aromatic nitrogens is 2. The number of rotatable bonds is 5. The average molecular weight is 471 g/mol. The van der Waals surface area contributed by atoms with Crippen LogP contribution in [-0.4, -0.2) is 41.9 Å². The van der Waals surface area contributed by atoms with Crippen molar-refractivity contribution in [2.75, 3.05) is 18.4 Å². The first kappa shape index (κ1) is 22.6. The summed E-state index contributed by atoms with van der Waals surface area (Å²) < 4.78 is 27.9. The number of sulfonamides is 1. The molecule has 1 saturated heterocycles. The zero-order chi connectivity index (χ0) is 22.9. The second-order valence-corrected chi connectivity index (χ2v) is 11.1. The zero-order valence-electron chi connectivity index (χ0n) is 18.3. The summed E-state index contributed by atoms with van der Waals surface area (Å²) in [6.45, 7) is 6.62. The molecule has 3 aromatic rings. The fourth-order valence-electron chi connectivity index (χ4n) is 3.77. The summed E-state index contributed by atoms with van der Waals surface area (Å²) in [4.78, 5) is 12.9. The number of amides is 1. The molecule has 0 unspecified atom stereocenters. The highest BCUT2D eigenvalue weighted by molar-refractivity contribution is 7.89. The van der Waals surface area contributed by atoms with Crippen LogP contribution in [0.25, 0.3) is 0 Å². The minimum atomic E-state index is -3.59. The van der Waals surface area contributed by atoms with Crippen molar-refractivity contribution in [3.8, 4) is 0 Å². The van der Waals surface area contributed by atoms with Gasteiger partial charge in [-0.15, -0.1) is 10.2 Å². The quantitative estimate of drug-likeness (QED) is 0.601. The molecule has 4 rings (SSSR count). The van der Waals surface area contributed by atoms with Gasteiger partial charge in [-0.3, -0.25) is 4.79 Å². The Morgan fingerprint density at radius 3 is 2.59 bits per heavy atom. The molecule has 0 radical (unpaired) electrons. The van der Waals surface area contributed by atoms with Crippen molar-refractivity contribution in [3.63, 3.8) is 0 Å². The lowest BCUT2D eigenvalue weighted by atomic mass is 10.0. The van der Waals surface area contributed by atoms with E-state index in [1.807, 2.05) is 51.1 Å². The lowest BCUT2D eigenvalue weighted by molar-refractivity contribution is 0.102. The minimum Gasteiger partial charge on any atom is -0.320 e. The van der Waals surface area contributed by atoms with Gasteiger partial charge in [0.15, 0.2) is 0 Å². The summed E-state index contributed by atoms with van der Waals surface area (Å²) >= 11 is 1.23. The summed E-state index contributed by atoms with van der Waals surface area (Å²) in [6, 6.07) is 12.8. The van der Waals surface area contributed by atoms with Crippen molar-refractivity contribution in [1.29, 1.82) is 0 Å². The van der Waals surface area contributed by atoms with Gasteiger partial charge in [-0.1, -0.05) is 35.6 Å². The van der Waals surface area contributed by atoms with Gasteiger partial charge in [0.25, 0.3) is 5.91 Å². The van der Waals surface area contributed by atoms with E-state index in [0.29, 0.717) is 23.0 Å². The first-order valence-electron chi connectivity index (χ1n) is 10.5. The number of para-hydroxylation sites is 1. The third kappa shape index (κ3) is 4.60. The maximum atomic E-state index is 13.2. The second kappa shape index (κ2) is 9.09. The molecular weight excluding hydrogens is 444 g/mol. The van der Waals surface area contributed by atoms with Crippen LogP contribution < -0.4 is 5.32 Å². The van der Waals surface area contributed by atoms with Crippen LogP contribution in [0.5, 0.6) is 0 Å². The molecule has 0 saturated carbocycles. The Morgan fingerprint density at radius 2 is 1.84 bits per heavy atom. The van der Waals surface area contributed by atoms with Crippen LogP contribution in [0.2, 0.25) is 0 Å². The third-order valence-corrected chi connectivity index (χ3v) is 8.82. The lowest BCUT2D eigenvalue weighted by Crippen LogP contribution is -2.39. The summed E-state index contributed by atoms with van der Waals surface area (Å²) in [5, 5.41) is 12.1. The number of carbonyl (C=O) groups is 1. The van der Waals surface area contributed by atoms with Gasteiger partial charge in [-0.05, 0) is 68.5 Å². The van der Waals surface area contributed by atoms with Gasteiger partial charge in [0, 0.05) is 24.7 Å². The van der Waals surface area contributed by atoms with Gasteiger partial charge in [0.2, 0.25) is 15.0 Å². The Labute approximate surface area is 192 Å². The molecule has 2 heterocycles. The predicted molar refractivity (Wildman–Crippen MR) is 126 cm³/mol. The van der Waals surface area contributed by atoms with Crippen molar-refractivity contribution >= 4 is 33.0 Å². The van der Waals surface area contributed by atoms with Crippen LogP contribution in [0.1, 0.15) is 50.3 Å². The van der Waals surface area contributed by atoms with E-state index in [2.05, 4.69) is 15.5 Å². The molecule has 0 bridgehead atoms. The molecule has 168 valence electrons. The van der Waals surface area contributed by atoms with E-state index in [4.69, 9.17) is 0 Å². The van der Waals surface area contributed by atoms with Crippen molar-refractivity contribution in [2.24, 2.45) is 0 Å². The van der Waals surface area contributed by atoms with Gasteiger partial charge in [0.1, 0.15) is 5.01 Å². The zero-order valence-corrected chi connectivity index (χ0v) is 20.0. The topological polar surface area (TPSA) is 92.3 Å². The van der Waals surface area contributed by atoms with Gasteiger partial charge >= 0.3 is 0 Å². The van der Waals surface area contributed by atoms with Gasteiger partial charge < -0.3 is 5.32 Å². The Morgan fingerprint density at radius 1 is 1.06 bits per heavy atom. The number of nitrogens with one attached hydrogen (secondary N) is 1. The normalized spacial score (nSPS) is 17.3. The molecule has 1 aromatic heterocycles. The van der Waals surface area contributed by atoms with E-state index in [1.54, 1.807) is 12.1 Å². The SMILES string of the molecule is Cc1ccc(S(=O)(=O)N2CCC[C@@H](c3nnc(C(=O)Nc4ccccc4C)s3)C2)cc1C. The summed E-state index contributed by atoms with van der Waals surface area (Å²) in [5.74, 6) is -0.388. The third-order valence-electron chi connectivity index (χ3n) is 5.88. The highest BCUT2D eigenvalue weighted by Crippen LogP contribution is 2.32. The van der Waals surface area contributed by atoms with Crippen LogP contribution in [0, 0.1) is 20.8 Å². The van der Waals surface area contributed by atoms with Crippen LogP contribution in [0.4, 0.5) is 5.69 Å². The molecule has 1 atom stereocenters. The molecule has 1 aliphatic rings. The molecule has 1 N–H and O–H groups in total. The number of carbonyl (C=O) groups excluding carboxylic acids is 1. The molecule has 7 nitrogen and oxygen atoms in total. The lowest BCUT2D eigenvalue weighted by Gasteiger charge is -2.30. The van der Waals surface area contributed by atoms with Gasteiger partial charge in [0.05, 0.1) is 4.90 Å². The number of nitrogens with zero attached hydrogens (tertiary/aromatic N) is 3. The highest BCUT2D eigenvalue weighted by Gasteiger charge is 2.33. The molecule has 1 fully saturated rings. The molecule has 0 spiro atoms.